The number of nitrogens with one attached hydrogen (secondary N) is 1. The van der Waals surface area contributed by atoms with E-state index in [1.54, 1.807) is 12.1 Å². The monoisotopic (exact) mass is 445 g/mol. The second-order valence-electron chi connectivity index (χ2n) is 8.03. The Balaban J connectivity index is 1.73. The second kappa shape index (κ2) is 10.2. The number of carbonyl (C=O) groups excluding carboxylic acids is 1. The van der Waals surface area contributed by atoms with Crippen LogP contribution in [0.5, 0.6) is 11.5 Å². The van der Waals surface area contributed by atoms with E-state index in [1.165, 1.54) is 12.8 Å². The highest BCUT2D eigenvalue weighted by Gasteiger charge is 2.19. The summed E-state index contributed by atoms with van der Waals surface area (Å²) in [7, 11) is 1.53. The number of likely N-dealkylation sites (N-methyl/N-ethyl adjacent to an activating group) is 1. The normalized spacial score (nSPS) is 14.6. The van der Waals surface area contributed by atoms with Crippen LogP contribution in [0, 0.1) is 6.92 Å². The van der Waals surface area contributed by atoms with Crippen molar-refractivity contribution in [2.75, 3.05) is 50.1 Å². The lowest BCUT2D eigenvalue weighted by atomic mass is 10.1. The number of ether oxygens (including phenoxy) is 2. The first kappa shape index (κ1) is 23.2. The van der Waals surface area contributed by atoms with Crippen LogP contribution < -0.4 is 19.7 Å². The maximum absolute atomic E-state index is 12.9. The molecule has 1 fully saturated rings. The van der Waals surface area contributed by atoms with Crippen LogP contribution in [-0.4, -0.2) is 56.7 Å². The molecular weight excluding hydrogens is 414 g/mol. The number of carbonyl (C=O) groups is 1. The summed E-state index contributed by atoms with van der Waals surface area (Å²) in [5, 5.41) is 3.31. The molecule has 0 saturated carbocycles. The number of aryl methyl sites for hydroxylation is 1. The Kier molecular flexibility index (Phi) is 7.68. The third kappa shape index (κ3) is 5.63. The molecule has 0 radical (unpaired) electrons. The molecule has 1 heterocycles. The predicted molar refractivity (Wildman–Crippen MR) is 127 cm³/mol. The zero-order valence-corrected chi connectivity index (χ0v) is 19.8. The fraction of sp³-hybridized carbons (Fsp3) is 0.458. The van der Waals surface area contributed by atoms with Gasteiger partial charge in [0, 0.05) is 43.1 Å². The minimum atomic E-state index is -0.250. The Morgan fingerprint density at radius 3 is 2.45 bits per heavy atom. The molecule has 6 nitrogen and oxygen atoms in total. The highest BCUT2D eigenvalue weighted by molar-refractivity contribution is 6.32. The zero-order chi connectivity index (χ0) is 22.5. The van der Waals surface area contributed by atoms with E-state index in [1.807, 2.05) is 26.0 Å². The Labute approximate surface area is 190 Å². The van der Waals surface area contributed by atoms with Gasteiger partial charge in [-0.3, -0.25) is 4.79 Å². The van der Waals surface area contributed by atoms with Crippen LogP contribution >= 0.6 is 11.6 Å². The number of piperazine rings is 1. The summed E-state index contributed by atoms with van der Waals surface area (Å²) in [5.41, 5.74) is 3.51. The Morgan fingerprint density at radius 1 is 1.16 bits per heavy atom. The lowest BCUT2D eigenvalue weighted by Crippen LogP contribution is -2.46. The third-order valence-electron chi connectivity index (χ3n) is 5.46. The number of rotatable bonds is 7. The van der Waals surface area contributed by atoms with Gasteiger partial charge in [0.25, 0.3) is 5.91 Å². The standard InChI is InChI=1S/C24H32ClN3O3/c1-6-27-9-11-28(12-10-27)21-8-7-19(13-17(21)4)26-24(29)18-14-20(25)23(31-16(2)3)22(15-18)30-5/h7-8,13-16H,6,9-12H2,1-5H3,(H,26,29). The summed E-state index contributed by atoms with van der Waals surface area (Å²) in [6, 6.07) is 9.29. The van der Waals surface area contributed by atoms with Gasteiger partial charge in [0.2, 0.25) is 0 Å². The van der Waals surface area contributed by atoms with Gasteiger partial charge in [0.05, 0.1) is 18.2 Å². The van der Waals surface area contributed by atoms with Crippen molar-refractivity contribution in [1.29, 1.82) is 0 Å². The molecule has 0 aromatic heterocycles. The van der Waals surface area contributed by atoms with Gasteiger partial charge in [-0.25, -0.2) is 0 Å². The van der Waals surface area contributed by atoms with Gasteiger partial charge in [0.15, 0.2) is 11.5 Å². The molecule has 0 bridgehead atoms. The maximum atomic E-state index is 12.9. The molecule has 3 rings (SSSR count). The van der Waals surface area contributed by atoms with E-state index in [4.69, 9.17) is 21.1 Å². The number of hydrogen-bond acceptors (Lipinski definition) is 5. The van der Waals surface area contributed by atoms with Gasteiger partial charge in [-0.05, 0) is 63.2 Å². The summed E-state index contributed by atoms with van der Waals surface area (Å²) >= 11 is 6.36. The number of benzene rings is 2. The Morgan fingerprint density at radius 2 is 1.87 bits per heavy atom. The van der Waals surface area contributed by atoms with Crippen LogP contribution in [0.2, 0.25) is 5.02 Å². The summed E-state index contributed by atoms with van der Waals surface area (Å²) < 4.78 is 11.1. The second-order valence-corrected chi connectivity index (χ2v) is 8.44. The molecule has 2 aromatic rings. The van der Waals surface area contributed by atoms with Crippen LogP contribution in [0.15, 0.2) is 30.3 Å². The molecule has 1 aliphatic rings. The van der Waals surface area contributed by atoms with Crippen molar-refractivity contribution in [3.63, 3.8) is 0 Å². The van der Waals surface area contributed by atoms with Gasteiger partial charge in [-0.15, -0.1) is 0 Å². The number of methoxy groups -OCH3 is 1. The molecule has 168 valence electrons. The number of amides is 1. The summed E-state index contributed by atoms with van der Waals surface area (Å²) in [4.78, 5) is 17.7. The van der Waals surface area contributed by atoms with Crippen LogP contribution in [0.1, 0.15) is 36.7 Å². The van der Waals surface area contributed by atoms with Crippen molar-refractivity contribution in [2.24, 2.45) is 0 Å². The Hall–Kier alpha value is -2.44. The van der Waals surface area contributed by atoms with Crippen molar-refractivity contribution < 1.29 is 14.3 Å². The quantitative estimate of drug-likeness (QED) is 0.661. The molecule has 1 N–H and O–H groups in total. The van der Waals surface area contributed by atoms with E-state index >= 15 is 0 Å². The minimum Gasteiger partial charge on any atom is -0.493 e. The molecule has 1 aliphatic heterocycles. The van der Waals surface area contributed by atoms with Gasteiger partial charge in [-0.2, -0.15) is 0 Å². The molecule has 1 saturated heterocycles. The van der Waals surface area contributed by atoms with E-state index in [2.05, 4.69) is 35.0 Å². The lowest BCUT2D eigenvalue weighted by Gasteiger charge is -2.36. The summed E-state index contributed by atoms with van der Waals surface area (Å²) in [6.45, 7) is 13.4. The van der Waals surface area contributed by atoms with E-state index in [9.17, 15) is 4.79 Å². The van der Waals surface area contributed by atoms with E-state index in [0.29, 0.717) is 22.1 Å². The molecule has 7 heteroatoms. The molecule has 2 aromatic carbocycles. The molecule has 31 heavy (non-hydrogen) atoms. The minimum absolute atomic E-state index is 0.0579. The zero-order valence-electron chi connectivity index (χ0n) is 19.0. The van der Waals surface area contributed by atoms with Crippen LogP contribution in [0.25, 0.3) is 0 Å². The lowest BCUT2D eigenvalue weighted by molar-refractivity contribution is 0.102. The first-order valence-electron chi connectivity index (χ1n) is 10.8. The van der Waals surface area contributed by atoms with Crippen LogP contribution in [0.3, 0.4) is 0 Å². The van der Waals surface area contributed by atoms with Gasteiger partial charge in [0.1, 0.15) is 0 Å². The van der Waals surface area contributed by atoms with Crippen molar-refractivity contribution in [2.45, 2.75) is 33.8 Å². The van der Waals surface area contributed by atoms with Crippen LogP contribution in [-0.2, 0) is 0 Å². The topological polar surface area (TPSA) is 54.0 Å². The number of anilines is 2. The SMILES string of the molecule is CCN1CCN(c2ccc(NC(=O)c3cc(Cl)c(OC(C)C)c(OC)c3)cc2C)CC1. The maximum Gasteiger partial charge on any atom is 0.255 e. The third-order valence-corrected chi connectivity index (χ3v) is 5.74. The highest BCUT2D eigenvalue weighted by atomic mass is 35.5. The molecule has 0 spiro atoms. The number of halogens is 1. The predicted octanol–water partition coefficient (Wildman–Crippen LogP) is 4.84. The van der Waals surface area contributed by atoms with Gasteiger partial charge in [-0.1, -0.05) is 18.5 Å². The average molecular weight is 446 g/mol. The molecule has 0 unspecified atom stereocenters. The Bertz CT molecular complexity index is 925. The van der Waals surface area contributed by atoms with E-state index in [-0.39, 0.29) is 12.0 Å². The molecule has 1 amide bonds. The summed E-state index contributed by atoms with van der Waals surface area (Å²) in [5.74, 6) is 0.628. The summed E-state index contributed by atoms with van der Waals surface area (Å²) in [6.07, 6.45) is -0.0579. The van der Waals surface area contributed by atoms with Gasteiger partial charge < -0.3 is 24.6 Å². The van der Waals surface area contributed by atoms with Crippen molar-refractivity contribution in [3.05, 3.63) is 46.5 Å². The number of nitrogens with zero attached hydrogens (tertiary/aromatic N) is 2. The van der Waals surface area contributed by atoms with Crippen molar-refractivity contribution in [3.8, 4) is 11.5 Å². The van der Waals surface area contributed by atoms with Crippen molar-refractivity contribution in [1.82, 2.24) is 4.90 Å². The largest absolute Gasteiger partial charge is 0.493 e. The average Bonchev–Trinajstić information content (AvgIpc) is 2.75. The van der Waals surface area contributed by atoms with E-state index in [0.717, 1.165) is 44.0 Å². The molecular formula is C24H32ClN3O3. The number of hydrogen-bond donors (Lipinski definition) is 1. The first-order chi connectivity index (χ1) is 14.8. The van der Waals surface area contributed by atoms with Gasteiger partial charge >= 0.3 is 0 Å². The highest BCUT2D eigenvalue weighted by Crippen LogP contribution is 2.37. The first-order valence-corrected chi connectivity index (χ1v) is 11.1. The van der Waals surface area contributed by atoms with Crippen molar-refractivity contribution >= 4 is 28.9 Å². The molecule has 0 aliphatic carbocycles. The van der Waals surface area contributed by atoms with E-state index < -0.39 is 0 Å². The molecule has 0 atom stereocenters. The van der Waals surface area contributed by atoms with Crippen LogP contribution in [0.4, 0.5) is 11.4 Å². The fourth-order valence-corrected chi connectivity index (χ4v) is 4.05. The fourth-order valence-electron chi connectivity index (χ4n) is 3.80. The smallest absolute Gasteiger partial charge is 0.255 e.